The van der Waals surface area contributed by atoms with E-state index in [0.717, 1.165) is 25.8 Å². The summed E-state index contributed by atoms with van der Waals surface area (Å²) in [5, 5.41) is 0. The number of rotatable bonds is 2. The molecule has 0 bridgehead atoms. The zero-order chi connectivity index (χ0) is 11.5. The Bertz CT molecular complexity index is 397. The normalized spacial score (nSPS) is 20.8. The number of amides is 1. The fourth-order valence-electron chi connectivity index (χ4n) is 2.15. The number of nitrogens with zero attached hydrogens (tertiary/aromatic N) is 1. The number of carbonyl (C=O) groups is 2. The second-order valence-corrected chi connectivity index (χ2v) is 4.44. The molecule has 86 valence electrons. The minimum absolute atomic E-state index is 0.000324. The first-order valence-electron chi connectivity index (χ1n) is 5.64. The van der Waals surface area contributed by atoms with Crippen LogP contribution in [0.4, 0.5) is 0 Å². The van der Waals surface area contributed by atoms with Gasteiger partial charge in [-0.1, -0.05) is 6.92 Å². The van der Waals surface area contributed by atoms with E-state index in [1.807, 2.05) is 4.90 Å². The van der Waals surface area contributed by atoms with Gasteiger partial charge in [0.05, 0.1) is 5.69 Å². The van der Waals surface area contributed by atoms with E-state index in [-0.39, 0.29) is 5.91 Å². The van der Waals surface area contributed by atoms with Crippen molar-refractivity contribution in [3.63, 3.8) is 0 Å². The number of hydrogen-bond donors (Lipinski definition) is 1. The third kappa shape index (κ3) is 2.15. The van der Waals surface area contributed by atoms with E-state index in [9.17, 15) is 9.59 Å². The number of piperidine rings is 1. The van der Waals surface area contributed by atoms with Crippen LogP contribution < -0.4 is 0 Å². The van der Waals surface area contributed by atoms with Gasteiger partial charge in [-0.2, -0.15) is 0 Å². The highest BCUT2D eigenvalue weighted by Gasteiger charge is 2.22. The van der Waals surface area contributed by atoms with Crippen LogP contribution in [0.2, 0.25) is 0 Å². The maximum atomic E-state index is 12.1. The van der Waals surface area contributed by atoms with E-state index in [1.165, 1.54) is 6.42 Å². The predicted molar refractivity (Wildman–Crippen MR) is 60.5 cm³/mol. The van der Waals surface area contributed by atoms with E-state index in [2.05, 4.69) is 11.9 Å². The van der Waals surface area contributed by atoms with Crippen LogP contribution in [0.25, 0.3) is 0 Å². The molecule has 1 saturated heterocycles. The van der Waals surface area contributed by atoms with E-state index in [0.29, 0.717) is 17.3 Å². The molecule has 0 aromatic carbocycles. The summed E-state index contributed by atoms with van der Waals surface area (Å²) in [6, 6.07) is 3.30. The van der Waals surface area contributed by atoms with Gasteiger partial charge in [0.2, 0.25) is 0 Å². The number of aldehydes is 1. The maximum absolute atomic E-state index is 12.1. The Morgan fingerprint density at radius 2 is 2.38 bits per heavy atom. The fraction of sp³-hybridized carbons (Fsp3) is 0.500. The molecule has 0 spiro atoms. The van der Waals surface area contributed by atoms with Crippen LogP contribution in [-0.2, 0) is 0 Å². The van der Waals surface area contributed by atoms with Gasteiger partial charge in [-0.15, -0.1) is 0 Å². The molecule has 1 aromatic heterocycles. The van der Waals surface area contributed by atoms with Gasteiger partial charge in [0.15, 0.2) is 6.29 Å². The molecule has 2 rings (SSSR count). The second kappa shape index (κ2) is 4.51. The van der Waals surface area contributed by atoms with Crippen LogP contribution in [-0.4, -0.2) is 35.2 Å². The highest BCUT2D eigenvalue weighted by atomic mass is 16.2. The summed E-state index contributed by atoms with van der Waals surface area (Å²) in [6.45, 7) is 3.79. The molecular formula is C12H16N2O2. The van der Waals surface area contributed by atoms with Crippen LogP contribution in [0, 0.1) is 5.92 Å². The summed E-state index contributed by atoms with van der Waals surface area (Å²) in [4.78, 5) is 27.2. The summed E-state index contributed by atoms with van der Waals surface area (Å²) < 4.78 is 0. The van der Waals surface area contributed by atoms with Crippen LogP contribution >= 0.6 is 0 Å². The zero-order valence-electron chi connectivity index (χ0n) is 9.40. The van der Waals surface area contributed by atoms with Crippen molar-refractivity contribution in [3.8, 4) is 0 Å². The van der Waals surface area contributed by atoms with Crippen molar-refractivity contribution in [2.75, 3.05) is 13.1 Å². The maximum Gasteiger partial charge on any atom is 0.270 e. The highest BCUT2D eigenvalue weighted by Crippen LogP contribution is 2.17. The van der Waals surface area contributed by atoms with Gasteiger partial charge in [0.1, 0.15) is 5.69 Å². The number of H-pyrrole nitrogens is 1. The molecule has 1 atom stereocenters. The number of likely N-dealkylation sites (tertiary alicyclic amines) is 1. The van der Waals surface area contributed by atoms with Crippen LogP contribution in [0.3, 0.4) is 0 Å². The molecule has 1 amide bonds. The Labute approximate surface area is 94.6 Å². The molecular weight excluding hydrogens is 204 g/mol. The van der Waals surface area contributed by atoms with Crippen molar-refractivity contribution >= 4 is 12.2 Å². The molecule has 1 aliphatic heterocycles. The van der Waals surface area contributed by atoms with E-state index in [4.69, 9.17) is 0 Å². The number of aromatic nitrogens is 1. The summed E-state index contributed by atoms with van der Waals surface area (Å²) in [5.41, 5.74) is 0.963. The van der Waals surface area contributed by atoms with Crippen molar-refractivity contribution in [2.24, 2.45) is 5.92 Å². The summed E-state index contributed by atoms with van der Waals surface area (Å²) >= 11 is 0. The van der Waals surface area contributed by atoms with Crippen molar-refractivity contribution in [1.29, 1.82) is 0 Å². The third-order valence-electron chi connectivity index (χ3n) is 3.01. The van der Waals surface area contributed by atoms with Crippen LogP contribution in [0.5, 0.6) is 0 Å². The summed E-state index contributed by atoms with van der Waals surface area (Å²) in [6.07, 6.45) is 2.97. The van der Waals surface area contributed by atoms with Crippen LogP contribution in [0.1, 0.15) is 40.7 Å². The molecule has 1 N–H and O–H groups in total. The zero-order valence-corrected chi connectivity index (χ0v) is 9.40. The van der Waals surface area contributed by atoms with Gasteiger partial charge in [-0.05, 0) is 30.9 Å². The Morgan fingerprint density at radius 3 is 3.00 bits per heavy atom. The summed E-state index contributed by atoms with van der Waals surface area (Å²) in [5.74, 6) is 0.567. The monoisotopic (exact) mass is 220 g/mol. The standard InChI is InChI=1S/C12H16N2O2/c1-9-3-2-6-14(7-9)12(16)11-5-4-10(8-15)13-11/h4-5,8-9,13H,2-3,6-7H2,1H3/t9-/m0/s1. The molecule has 4 heteroatoms. The van der Waals surface area contributed by atoms with E-state index < -0.39 is 0 Å². The van der Waals surface area contributed by atoms with E-state index >= 15 is 0 Å². The highest BCUT2D eigenvalue weighted by molar-refractivity contribution is 5.93. The fourth-order valence-corrected chi connectivity index (χ4v) is 2.15. The van der Waals surface area contributed by atoms with Crippen molar-refractivity contribution < 1.29 is 9.59 Å². The van der Waals surface area contributed by atoms with Gasteiger partial charge in [-0.3, -0.25) is 9.59 Å². The van der Waals surface area contributed by atoms with Gasteiger partial charge < -0.3 is 9.88 Å². The molecule has 1 aliphatic rings. The first-order valence-corrected chi connectivity index (χ1v) is 5.64. The van der Waals surface area contributed by atoms with Crippen LogP contribution in [0.15, 0.2) is 12.1 Å². The second-order valence-electron chi connectivity index (χ2n) is 4.44. The minimum Gasteiger partial charge on any atom is -0.348 e. The predicted octanol–water partition coefficient (Wildman–Crippen LogP) is 1.70. The number of nitrogens with one attached hydrogen (secondary N) is 1. The lowest BCUT2D eigenvalue weighted by Gasteiger charge is -2.30. The minimum atomic E-state index is -0.000324. The molecule has 0 radical (unpaired) electrons. The molecule has 1 aromatic rings. The number of hydrogen-bond acceptors (Lipinski definition) is 2. The van der Waals surface area contributed by atoms with Crippen molar-refractivity contribution in [3.05, 3.63) is 23.5 Å². The van der Waals surface area contributed by atoms with E-state index in [1.54, 1.807) is 12.1 Å². The Balaban J connectivity index is 2.08. The number of carbonyl (C=O) groups excluding carboxylic acids is 2. The molecule has 0 aliphatic carbocycles. The first-order chi connectivity index (χ1) is 7.70. The topological polar surface area (TPSA) is 53.2 Å². The van der Waals surface area contributed by atoms with Crippen molar-refractivity contribution in [1.82, 2.24) is 9.88 Å². The molecule has 1 fully saturated rings. The van der Waals surface area contributed by atoms with Crippen molar-refractivity contribution in [2.45, 2.75) is 19.8 Å². The Hall–Kier alpha value is -1.58. The van der Waals surface area contributed by atoms with Gasteiger partial charge in [-0.25, -0.2) is 0 Å². The SMILES string of the molecule is C[C@H]1CCCN(C(=O)c2ccc(C=O)[nH]2)C1. The van der Waals surface area contributed by atoms with Gasteiger partial charge >= 0.3 is 0 Å². The Morgan fingerprint density at radius 1 is 1.56 bits per heavy atom. The molecule has 0 saturated carbocycles. The third-order valence-corrected chi connectivity index (χ3v) is 3.01. The largest absolute Gasteiger partial charge is 0.348 e. The van der Waals surface area contributed by atoms with Gasteiger partial charge in [0.25, 0.3) is 5.91 Å². The molecule has 2 heterocycles. The average molecular weight is 220 g/mol. The van der Waals surface area contributed by atoms with Gasteiger partial charge in [0, 0.05) is 13.1 Å². The lowest BCUT2D eigenvalue weighted by atomic mass is 10.0. The molecule has 4 nitrogen and oxygen atoms in total. The Kier molecular flexibility index (Phi) is 3.08. The quantitative estimate of drug-likeness (QED) is 0.771. The molecule has 0 unspecified atom stereocenters. The average Bonchev–Trinajstić information content (AvgIpc) is 2.76. The molecule has 16 heavy (non-hydrogen) atoms. The number of aromatic amines is 1. The summed E-state index contributed by atoms with van der Waals surface area (Å²) in [7, 11) is 0. The smallest absolute Gasteiger partial charge is 0.270 e. The first kappa shape index (κ1) is 10.9. The lowest BCUT2D eigenvalue weighted by Crippen LogP contribution is -2.39. The lowest BCUT2D eigenvalue weighted by molar-refractivity contribution is 0.0678.